The van der Waals surface area contributed by atoms with Crippen LogP contribution in [0.4, 0.5) is 0 Å². The first kappa shape index (κ1) is 17.3. The Morgan fingerprint density at radius 2 is 1.73 bits per heavy atom. The molecule has 2 aliphatic rings. The molecule has 2 aromatic carbocycles. The Morgan fingerprint density at radius 3 is 2.46 bits per heavy atom. The molecule has 0 spiro atoms. The Morgan fingerprint density at radius 1 is 1.00 bits per heavy atom. The predicted molar refractivity (Wildman–Crippen MR) is 100 cm³/mol. The van der Waals surface area contributed by atoms with Gasteiger partial charge in [-0.2, -0.15) is 0 Å². The standard InChI is InChI=1S/C22H25NO3/c24-22(25)17-9-6-15(7-10-17)8-11-18-19-12-13-20(26-19)21(18)23-14-16-4-2-1-3-5-16/h1-7,9-10,18-21,23H,8,11-14H2,(H,24,25). The number of rotatable bonds is 7. The van der Waals surface area contributed by atoms with Crippen LogP contribution in [0.15, 0.2) is 54.6 Å². The highest BCUT2D eigenvalue weighted by Gasteiger charge is 2.48. The van der Waals surface area contributed by atoms with Crippen LogP contribution in [0.25, 0.3) is 0 Å². The second kappa shape index (κ2) is 7.60. The Bertz CT molecular complexity index is 744. The maximum absolute atomic E-state index is 11.0. The minimum absolute atomic E-state index is 0.336. The van der Waals surface area contributed by atoms with Gasteiger partial charge in [0.05, 0.1) is 17.8 Å². The Balaban J connectivity index is 1.37. The molecule has 2 heterocycles. The van der Waals surface area contributed by atoms with E-state index in [1.807, 2.05) is 18.2 Å². The summed E-state index contributed by atoms with van der Waals surface area (Å²) in [6.45, 7) is 0.877. The number of carboxylic acids is 1. The van der Waals surface area contributed by atoms with E-state index >= 15 is 0 Å². The lowest BCUT2D eigenvalue weighted by Crippen LogP contribution is -2.43. The SMILES string of the molecule is O=C(O)c1ccc(CCC2C3CCC(O3)C2NCc2ccccc2)cc1. The average molecular weight is 351 g/mol. The van der Waals surface area contributed by atoms with Gasteiger partial charge >= 0.3 is 5.97 Å². The van der Waals surface area contributed by atoms with E-state index in [-0.39, 0.29) is 0 Å². The Labute approximate surface area is 154 Å². The number of benzene rings is 2. The zero-order valence-electron chi connectivity index (χ0n) is 14.8. The summed E-state index contributed by atoms with van der Waals surface area (Å²) in [5, 5.41) is 12.7. The van der Waals surface area contributed by atoms with Crippen molar-refractivity contribution in [3.63, 3.8) is 0 Å². The largest absolute Gasteiger partial charge is 0.478 e. The third-order valence-electron chi connectivity index (χ3n) is 5.78. The maximum Gasteiger partial charge on any atom is 0.335 e. The summed E-state index contributed by atoms with van der Waals surface area (Å²) in [6, 6.07) is 18.2. The van der Waals surface area contributed by atoms with Gasteiger partial charge in [-0.3, -0.25) is 0 Å². The van der Waals surface area contributed by atoms with Crippen LogP contribution in [0.2, 0.25) is 0 Å². The fourth-order valence-corrected chi connectivity index (χ4v) is 4.40. The second-order valence-corrected chi connectivity index (χ2v) is 7.39. The molecule has 4 atom stereocenters. The van der Waals surface area contributed by atoms with Crippen molar-refractivity contribution in [2.24, 2.45) is 5.92 Å². The van der Waals surface area contributed by atoms with Gasteiger partial charge in [-0.25, -0.2) is 4.79 Å². The minimum Gasteiger partial charge on any atom is -0.478 e. The number of nitrogens with one attached hydrogen (secondary N) is 1. The van der Waals surface area contributed by atoms with Crippen LogP contribution in [-0.2, 0) is 17.7 Å². The third-order valence-corrected chi connectivity index (χ3v) is 5.78. The van der Waals surface area contributed by atoms with Crippen molar-refractivity contribution in [1.29, 1.82) is 0 Å². The fraction of sp³-hybridized carbons (Fsp3) is 0.409. The smallest absolute Gasteiger partial charge is 0.335 e. The molecule has 4 nitrogen and oxygen atoms in total. The van der Waals surface area contributed by atoms with Crippen molar-refractivity contribution < 1.29 is 14.6 Å². The zero-order valence-corrected chi connectivity index (χ0v) is 14.8. The van der Waals surface area contributed by atoms with Gasteiger partial charge in [0.15, 0.2) is 0 Å². The van der Waals surface area contributed by atoms with Gasteiger partial charge in [-0.15, -0.1) is 0 Å². The van der Waals surface area contributed by atoms with Gasteiger partial charge in [0.1, 0.15) is 0 Å². The summed E-state index contributed by atoms with van der Waals surface area (Å²) >= 11 is 0. The lowest BCUT2D eigenvalue weighted by molar-refractivity contribution is 0.0697. The van der Waals surface area contributed by atoms with E-state index in [4.69, 9.17) is 9.84 Å². The number of aryl methyl sites for hydroxylation is 1. The van der Waals surface area contributed by atoms with Gasteiger partial charge in [0.2, 0.25) is 0 Å². The van der Waals surface area contributed by atoms with Gasteiger partial charge in [-0.05, 0) is 48.9 Å². The van der Waals surface area contributed by atoms with Crippen LogP contribution in [-0.4, -0.2) is 29.3 Å². The molecule has 4 rings (SSSR count). The highest BCUT2D eigenvalue weighted by Crippen LogP contribution is 2.41. The minimum atomic E-state index is -0.872. The summed E-state index contributed by atoms with van der Waals surface area (Å²) in [6.07, 6.45) is 5.05. The maximum atomic E-state index is 11.0. The number of fused-ring (bicyclic) bond motifs is 2. The molecule has 0 aromatic heterocycles. The molecular formula is C22H25NO3. The molecule has 0 aliphatic carbocycles. The Kier molecular flexibility index (Phi) is 5.05. The van der Waals surface area contributed by atoms with Gasteiger partial charge < -0.3 is 15.2 Å². The molecule has 0 saturated carbocycles. The molecule has 2 aliphatic heterocycles. The van der Waals surface area contributed by atoms with Crippen LogP contribution >= 0.6 is 0 Å². The Hall–Kier alpha value is -2.17. The monoisotopic (exact) mass is 351 g/mol. The summed E-state index contributed by atoms with van der Waals surface area (Å²) in [5.74, 6) is -0.347. The molecule has 0 amide bonds. The van der Waals surface area contributed by atoms with Gasteiger partial charge in [0, 0.05) is 18.5 Å². The first-order valence-electron chi connectivity index (χ1n) is 9.46. The molecule has 4 heteroatoms. The van der Waals surface area contributed by atoms with Crippen LogP contribution in [0.5, 0.6) is 0 Å². The summed E-state index contributed by atoms with van der Waals surface area (Å²) in [7, 11) is 0. The van der Waals surface area contributed by atoms with E-state index < -0.39 is 5.97 Å². The predicted octanol–water partition coefficient (Wildman–Crippen LogP) is 3.65. The van der Waals surface area contributed by atoms with Crippen molar-refractivity contribution in [1.82, 2.24) is 5.32 Å². The van der Waals surface area contributed by atoms with E-state index in [0.29, 0.717) is 29.7 Å². The van der Waals surface area contributed by atoms with E-state index in [1.165, 1.54) is 11.1 Å². The molecule has 2 saturated heterocycles. The van der Waals surface area contributed by atoms with Crippen molar-refractivity contribution >= 4 is 5.97 Å². The lowest BCUT2D eigenvalue weighted by atomic mass is 9.81. The summed E-state index contributed by atoms with van der Waals surface area (Å²) < 4.78 is 6.18. The highest BCUT2D eigenvalue weighted by atomic mass is 16.5. The first-order chi connectivity index (χ1) is 12.7. The third kappa shape index (κ3) is 3.67. The topological polar surface area (TPSA) is 58.6 Å². The quantitative estimate of drug-likeness (QED) is 0.799. The number of ether oxygens (including phenoxy) is 1. The molecule has 2 bridgehead atoms. The molecular weight excluding hydrogens is 326 g/mol. The van der Waals surface area contributed by atoms with Crippen LogP contribution in [0, 0.1) is 5.92 Å². The van der Waals surface area contributed by atoms with Crippen molar-refractivity contribution in [3.05, 3.63) is 71.3 Å². The molecule has 136 valence electrons. The van der Waals surface area contributed by atoms with Crippen molar-refractivity contribution in [3.8, 4) is 0 Å². The second-order valence-electron chi connectivity index (χ2n) is 7.39. The van der Waals surface area contributed by atoms with E-state index in [9.17, 15) is 4.79 Å². The number of carboxylic acid groups (broad SMARTS) is 1. The van der Waals surface area contributed by atoms with Crippen LogP contribution in [0.1, 0.15) is 40.7 Å². The van der Waals surface area contributed by atoms with E-state index in [0.717, 1.165) is 32.2 Å². The number of hydrogen-bond donors (Lipinski definition) is 2. The summed E-state index contributed by atoms with van der Waals surface area (Å²) in [5.41, 5.74) is 2.84. The molecule has 2 N–H and O–H groups in total. The van der Waals surface area contributed by atoms with Crippen molar-refractivity contribution in [2.75, 3.05) is 0 Å². The zero-order chi connectivity index (χ0) is 17.9. The van der Waals surface area contributed by atoms with Crippen LogP contribution < -0.4 is 5.32 Å². The first-order valence-corrected chi connectivity index (χ1v) is 9.46. The van der Waals surface area contributed by atoms with Gasteiger partial charge in [0.25, 0.3) is 0 Å². The molecule has 26 heavy (non-hydrogen) atoms. The normalized spacial score (nSPS) is 26.9. The lowest BCUT2D eigenvalue weighted by Gasteiger charge is -2.29. The number of aromatic carboxylic acids is 1. The van der Waals surface area contributed by atoms with E-state index in [2.05, 4.69) is 29.6 Å². The number of hydrogen-bond acceptors (Lipinski definition) is 3. The highest BCUT2D eigenvalue weighted by molar-refractivity contribution is 5.87. The fourth-order valence-electron chi connectivity index (χ4n) is 4.40. The molecule has 0 radical (unpaired) electrons. The van der Waals surface area contributed by atoms with E-state index in [1.54, 1.807) is 12.1 Å². The summed E-state index contributed by atoms with van der Waals surface area (Å²) in [4.78, 5) is 11.0. The van der Waals surface area contributed by atoms with Gasteiger partial charge in [-0.1, -0.05) is 42.5 Å². The van der Waals surface area contributed by atoms with Crippen molar-refractivity contribution in [2.45, 2.75) is 50.5 Å². The average Bonchev–Trinajstić information content (AvgIpc) is 3.27. The molecule has 2 aromatic rings. The molecule has 4 unspecified atom stereocenters. The number of carbonyl (C=O) groups is 1. The molecule has 2 fully saturated rings. The van der Waals surface area contributed by atoms with Crippen LogP contribution in [0.3, 0.4) is 0 Å².